The quantitative estimate of drug-likeness (QED) is 0.581. The standard InChI is InChI=1S/C18H20N2O4S/c1-12(16-9-6-10-25-16)19-13-7-4-5-8-14(13)20-15(18(22)24-3)11-17(21)23-2/h4-12,19-20H,1-3H3/b15-11+. The van der Waals surface area contributed by atoms with Crippen LogP contribution in [0.15, 0.2) is 53.6 Å². The summed E-state index contributed by atoms with van der Waals surface area (Å²) in [5, 5.41) is 8.36. The number of rotatable bonds is 7. The Morgan fingerprint density at radius 3 is 2.40 bits per heavy atom. The molecule has 2 aromatic rings. The second-order valence-electron chi connectivity index (χ2n) is 5.12. The molecule has 0 fully saturated rings. The highest BCUT2D eigenvalue weighted by Gasteiger charge is 2.15. The molecule has 132 valence electrons. The summed E-state index contributed by atoms with van der Waals surface area (Å²) in [7, 11) is 2.49. The van der Waals surface area contributed by atoms with E-state index >= 15 is 0 Å². The van der Waals surface area contributed by atoms with Gasteiger partial charge in [-0.3, -0.25) is 0 Å². The fraction of sp³-hybridized carbons (Fsp3) is 0.222. The summed E-state index contributed by atoms with van der Waals surface area (Å²) in [5.41, 5.74) is 1.43. The smallest absolute Gasteiger partial charge is 0.354 e. The number of ether oxygens (including phenoxy) is 2. The molecule has 0 amide bonds. The monoisotopic (exact) mass is 360 g/mol. The first-order chi connectivity index (χ1) is 12.0. The molecule has 2 rings (SSSR count). The van der Waals surface area contributed by atoms with Crippen molar-refractivity contribution in [2.45, 2.75) is 13.0 Å². The van der Waals surface area contributed by atoms with Gasteiger partial charge in [-0.1, -0.05) is 18.2 Å². The zero-order valence-electron chi connectivity index (χ0n) is 14.2. The molecule has 7 heteroatoms. The van der Waals surface area contributed by atoms with Gasteiger partial charge in [0.25, 0.3) is 0 Å². The molecule has 1 atom stereocenters. The Morgan fingerprint density at radius 2 is 1.80 bits per heavy atom. The van der Waals surface area contributed by atoms with Gasteiger partial charge in [-0.05, 0) is 30.5 Å². The first kappa shape index (κ1) is 18.5. The van der Waals surface area contributed by atoms with Crippen LogP contribution in [0.4, 0.5) is 11.4 Å². The minimum absolute atomic E-state index is 0.00706. The lowest BCUT2D eigenvalue weighted by molar-refractivity contribution is -0.138. The number of carbonyl (C=O) groups excluding carboxylic acids is 2. The van der Waals surface area contributed by atoms with Gasteiger partial charge in [-0.2, -0.15) is 0 Å². The van der Waals surface area contributed by atoms with E-state index < -0.39 is 11.9 Å². The van der Waals surface area contributed by atoms with Gasteiger partial charge in [0.15, 0.2) is 0 Å². The van der Waals surface area contributed by atoms with Crippen LogP contribution in [0.25, 0.3) is 0 Å². The summed E-state index contributed by atoms with van der Waals surface area (Å²) in [6.07, 6.45) is 1.06. The molecular weight excluding hydrogens is 340 g/mol. The molecule has 1 heterocycles. The molecule has 0 bridgehead atoms. The van der Waals surface area contributed by atoms with Gasteiger partial charge in [0.1, 0.15) is 5.70 Å². The summed E-state index contributed by atoms with van der Waals surface area (Å²) in [4.78, 5) is 24.6. The van der Waals surface area contributed by atoms with Gasteiger partial charge in [0, 0.05) is 4.88 Å². The zero-order valence-corrected chi connectivity index (χ0v) is 15.1. The molecule has 0 aliphatic heterocycles. The van der Waals surface area contributed by atoms with Crippen molar-refractivity contribution in [3.05, 3.63) is 58.4 Å². The number of hydrogen-bond donors (Lipinski definition) is 2. The fourth-order valence-electron chi connectivity index (χ4n) is 2.14. The Bertz CT molecular complexity index is 756. The number of para-hydroxylation sites is 2. The molecule has 2 N–H and O–H groups in total. The van der Waals surface area contributed by atoms with Crippen molar-refractivity contribution in [2.75, 3.05) is 24.9 Å². The second kappa shape index (κ2) is 8.89. The molecule has 1 unspecified atom stereocenters. The van der Waals surface area contributed by atoms with Crippen LogP contribution in [0.3, 0.4) is 0 Å². The number of hydrogen-bond acceptors (Lipinski definition) is 7. The Balaban J connectivity index is 2.25. The molecule has 0 aliphatic carbocycles. The molecule has 6 nitrogen and oxygen atoms in total. The van der Waals surface area contributed by atoms with Crippen molar-refractivity contribution in [3.63, 3.8) is 0 Å². The molecule has 0 saturated carbocycles. The maximum absolute atomic E-state index is 11.9. The topological polar surface area (TPSA) is 76.7 Å². The van der Waals surface area contributed by atoms with Crippen molar-refractivity contribution in [3.8, 4) is 0 Å². The maximum Gasteiger partial charge on any atom is 0.354 e. The maximum atomic E-state index is 11.9. The summed E-state index contributed by atoms with van der Waals surface area (Å²) >= 11 is 1.66. The molecule has 0 radical (unpaired) electrons. The van der Waals surface area contributed by atoms with E-state index in [0.717, 1.165) is 11.8 Å². The lowest BCUT2D eigenvalue weighted by Gasteiger charge is -2.18. The lowest BCUT2D eigenvalue weighted by atomic mass is 10.2. The molecule has 1 aromatic carbocycles. The molecule has 0 saturated heterocycles. The van der Waals surface area contributed by atoms with Gasteiger partial charge in [0.05, 0.1) is 37.7 Å². The van der Waals surface area contributed by atoms with Crippen molar-refractivity contribution in [2.24, 2.45) is 0 Å². The van der Waals surface area contributed by atoms with Crippen molar-refractivity contribution >= 4 is 34.7 Å². The number of thiophene rings is 1. The summed E-state index contributed by atoms with van der Waals surface area (Å²) in [6, 6.07) is 11.5. The molecule has 0 spiro atoms. The third-order valence-corrected chi connectivity index (χ3v) is 4.46. The largest absolute Gasteiger partial charge is 0.466 e. The molecular formula is C18H20N2O4S. The zero-order chi connectivity index (χ0) is 18.2. The number of anilines is 2. The Labute approximate surface area is 150 Å². The average molecular weight is 360 g/mol. The normalized spacial score (nSPS) is 12.2. The highest BCUT2D eigenvalue weighted by molar-refractivity contribution is 7.10. The number of esters is 2. The Morgan fingerprint density at radius 1 is 1.08 bits per heavy atom. The van der Waals surface area contributed by atoms with E-state index in [4.69, 9.17) is 4.74 Å². The van der Waals surface area contributed by atoms with Crippen LogP contribution < -0.4 is 10.6 Å². The van der Waals surface area contributed by atoms with Crippen LogP contribution in [0.5, 0.6) is 0 Å². The van der Waals surface area contributed by atoms with Crippen LogP contribution in [0.2, 0.25) is 0 Å². The fourth-order valence-corrected chi connectivity index (χ4v) is 2.87. The molecule has 0 aliphatic rings. The second-order valence-corrected chi connectivity index (χ2v) is 6.10. The van der Waals surface area contributed by atoms with Crippen molar-refractivity contribution < 1.29 is 19.1 Å². The summed E-state index contributed by atoms with van der Waals surface area (Å²) < 4.78 is 9.29. The van der Waals surface area contributed by atoms with E-state index in [2.05, 4.69) is 21.4 Å². The van der Waals surface area contributed by atoms with E-state index in [0.29, 0.717) is 5.69 Å². The third-order valence-electron chi connectivity index (χ3n) is 3.41. The van der Waals surface area contributed by atoms with Gasteiger partial charge < -0.3 is 20.1 Å². The van der Waals surface area contributed by atoms with Crippen LogP contribution in [-0.4, -0.2) is 26.2 Å². The highest BCUT2D eigenvalue weighted by atomic mass is 32.1. The first-order valence-electron chi connectivity index (χ1n) is 7.59. The Hall–Kier alpha value is -2.80. The summed E-state index contributed by atoms with van der Waals surface area (Å²) in [5.74, 6) is -1.31. The van der Waals surface area contributed by atoms with Gasteiger partial charge in [0.2, 0.25) is 0 Å². The van der Waals surface area contributed by atoms with Gasteiger partial charge in [-0.25, -0.2) is 9.59 Å². The van der Waals surface area contributed by atoms with Crippen LogP contribution >= 0.6 is 11.3 Å². The number of benzene rings is 1. The van der Waals surface area contributed by atoms with E-state index in [-0.39, 0.29) is 11.7 Å². The SMILES string of the molecule is COC(=O)/C=C(/Nc1ccccc1NC(C)c1cccs1)C(=O)OC. The predicted molar refractivity (Wildman–Crippen MR) is 98.5 cm³/mol. The predicted octanol–water partition coefficient (Wildman–Crippen LogP) is 3.56. The van der Waals surface area contributed by atoms with Crippen molar-refractivity contribution in [1.29, 1.82) is 0 Å². The van der Waals surface area contributed by atoms with Crippen LogP contribution in [0, 0.1) is 0 Å². The minimum Gasteiger partial charge on any atom is -0.466 e. The van der Waals surface area contributed by atoms with Gasteiger partial charge >= 0.3 is 11.9 Å². The Kier molecular flexibility index (Phi) is 6.59. The lowest BCUT2D eigenvalue weighted by Crippen LogP contribution is -2.16. The van der Waals surface area contributed by atoms with E-state index in [1.165, 1.54) is 19.1 Å². The number of methoxy groups -OCH3 is 2. The number of carbonyl (C=O) groups is 2. The van der Waals surface area contributed by atoms with E-state index in [1.807, 2.05) is 36.6 Å². The van der Waals surface area contributed by atoms with E-state index in [1.54, 1.807) is 17.4 Å². The average Bonchev–Trinajstić information content (AvgIpc) is 3.16. The number of nitrogens with one attached hydrogen (secondary N) is 2. The van der Waals surface area contributed by atoms with Gasteiger partial charge in [-0.15, -0.1) is 11.3 Å². The van der Waals surface area contributed by atoms with Crippen LogP contribution in [0.1, 0.15) is 17.8 Å². The molecule has 25 heavy (non-hydrogen) atoms. The van der Waals surface area contributed by atoms with Crippen LogP contribution in [-0.2, 0) is 19.1 Å². The van der Waals surface area contributed by atoms with Crippen molar-refractivity contribution in [1.82, 2.24) is 0 Å². The third kappa shape index (κ3) is 5.09. The minimum atomic E-state index is -0.661. The first-order valence-corrected chi connectivity index (χ1v) is 8.47. The van der Waals surface area contributed by atoms with E-state index in [9.17, 15) is 9.59 Å². The summed E-state index contributed by atoms with van der Waals surface area (Å²) in [6.45, 7) is 2.05. The molecule has 1 aromatic heterocycles. The highest BCUT2D eigenvalue weighted by Crippen LogP contribution is 2.28.